The number of benzene rings is 2. The third kappa shape index (κ3) is 6.80. The molecule has 0 radical (unpaired) electrons. The molecule has 1 aliphatic heterocycles. The lowest BCUT2D eigenvalue weighted by Gasteiger charge is -2.22. The summed E-state index contributed by atoms with van der Waals surface area (Å²) in [7, 11) is 4.49. The van der Waals surface area contributed by atoms with Gasteiger partial charge in [0.2, 0.25) is 0 Å². The van der Waals surface area contributed by atoms with Crippen molar-refractivity contribution in [3.63, 3.8) is 0 Å². The van der Waals surface area contributed by atoms with Crippen LogP contribution in [0.2, 0.25) is 0 Å². The van der Waals surface area contributed by atoms with Gasteiger partial charge in [0.1, 0.15) is 11.5 Å². The predicted octanol–water partition coefficient (Wildman–Crippen LogP) is 4.34. The Balaban J connectivity index is 1.80. The van der Waals surface area contributed by atoms with E-state index in [2.05, 4.69) is 0 Å². The zero-order valence-electron chi connectivity index (χ0n) is 21.8. The number of Topliss-reactive ketones (excluding diaryl/α,β-unsaturated/α-hetero) is 1. The van der Waals surface area contributed by atoms with Crippen LogP contribution in [0.3, 0.4) is 0 Å². The Morgan fingerprint density at radius 1 is 1.03 bits per heavy atom. The molecule has 1 heterocycles. The molecule has 0 bridgehead atoms. The molecule has 1 saturated heterocycles. The Morgan fingerprint density at radius 3 is 2.22 bits per heavy atom. The molecule has 0 spiro atoms. The number of amides is 1. The summed E-state index contributed by atoms with van der Waals surface area (Å²) in [5.41, 5.74) is 3.45. The fourth-order valence-corrected chi connectivity index (χ4v) is 4.76. The standard InChI is InChI=1S/C28H35NO8/c1-5-37-17-19-14-24(34-2)26(25(15-19)35-3)20-10-8-18(9-11-20)13-21(27(31)36-4)16-23(30)22-7-6-12-29(22)28(32)33/h8-11,14-15,21-22H,5-7,12-13,16-17H2,1-4H3,(H,32,33). The number of hydrogen-bond donors (Lipinski definition) is 1. The second-order valence-corrected chi connectivity index (χ2v) is 8.94. The second kappa shape index (κ2) is 13.1. The monoisotopic (exact) mass is 513 g/mol. The zero-order chi connectivity index (χ0) is 26.9. The third-order valence-electron chi connectivity index (χ3n) is 6.62. The van der Waals surface area contributed by atoms with Gasteiger partial charge in [0, 0.05) is 19.6 Å². The summed E-state index contributed by atoms with van der Waals surface area (Å²) in [4.78, 5) is 38.0. The number of ether oxygens (including phenoxy) is 4. The van der Waals surface area contributed by atoms with E-state index < -0.39 is 24.0 Å². The minimum Gasteiger partial charge on any atom is -0.496 e. The van der Waals surface area contributed by atoms with Crippen molar-refractivity contribution in [1.29, 1.82) is 0 Å². The quantitative estimate of drug-likeness (QED) is 0.417. The lowest BCUT2D eigenvalue weighted by molar-refractivity contribution is -0.147. The first-order chi connectivity index (χ1) is 17.8. The van der Waals surface area contributed by atoms with Gasteiger partial charge in [-0.2, -0.15) is 0 Å². The molecule has 37 heavy (non-hydrogen) atoms. The molecule has 0 saturated carbocycles. The number of esters is 1. The highest BCUT2D eigenvalue weighted by molar-refractivity contribution is 5.90. The summed E-state index contributed by atoms with van der Waals surface area (Å²) in [6.45, 7) is 3.31. The second-order valence-electron chi connectivity index (χ2n) is 8.94. The van der Waals surface area contributed by atoms with Crippen LogP contribution in [0.15, 0.2) is 36.4 Å². The maximum absolute atomic E-state index is 12.9. The van der Waals surface area contributed by atoms with Crippen LogP contribution in [-0.4, -0.2) is 68.4 Å². The van der Waals surface area contributed by atoms with E-state index in [9.17, 15) is 19.5 Å². The van der Waals surface area contributed by atoms with Crippen LogP contribution < -0.4 is 9.47 Å². The van der Waals surface area contributed by atoms with E-state index in [4.69, 9.17) is 18.9 Å². The van der Waals surface area contributed by atoms with Gasteiger partial charge < -0.3 is 24.1 Å². The van der Waals surface area contributed by atoms with Crippen molar-refractivity contribution in [3.05, 3.63) is 47.5 Å². The van der Waals surface area contributed by atoms with E-state index in [-0.39, 0.29) is 12.2 Å². The lowest BCUT2D eigenvalue weighted by Crippen LogP contribution is -2.41. The number of nitrogens with zero attached hydrogens (tertiary/aromatic N) is 1. The molecule has 9 heteroatoms. The molecular weight excluding hydrogens is 478 g/mol. The maximum atomic E-state index is 12.9. The number of hydrogen-bond acceptors (Lipinski definition) is 7. The summed E-state index contributed by atoms with van der Waals surface area (Å²) in [5, 5.41) is 9.36. The van der Waals surface area contributed by atoms with Crippen molar-refractivity contribution in [2.24, 2.45) is 5.92 Å². The Labute approximate surface area is 217 Å². The largest absolute Gasteiger partial charge is 0.496 e. The molecule has 2 unspecified atom stereocenters. The summed E-state index contributed by atoms with van der Waals surface area (Å²) in [6, 6.07) is 10.7. The zero-order valence-corrected chi connectivity index (χ0v) is 21.8. The van der Waals surface area contributed by atoms with Gasteiger partial charge in [0.25, 0.3) is 0 Å². The fourth-order valence-electron chi connectivity index (χ4n) is 4.76. The van der Waals surface area contributed by atoms with E-state index in [1.165, 1.54) is 7.11 Å². The summed E-state index contributed by atoms with van der Waals surface area (Å²) in [5.74, 6) is -0.153. The van der Waals surface area contributed by atoms with Crippen LogP contribution in [0.5, 0.6) is 11.5 Å². The van der Waals surface area contributed by atoms with Gasteiger partial charge in [-0.1, -0.05) is 24.3 Å². The molecule has 1 fully saturated rings. The number of carbonyl (C=O) groups excluding carboxylic acids is 2. The van der Waals surface area contributed by atoms with Gasteiger partial charge in [-0.05, 0) is 55.0 Å². The fraction of sp³-hybridized carbons (Fsp3) is 0.464. The molecule has 1 N–H and O–H groups in total. The van der Waals surface area contributed by atoms with Crippen LogP contribution in [0.25, 0.3) is 11.1 Å². The number of likely N-dealkylation sites (tertiary alicyclic amines) is 1. The highest BCUT2D eigenvalue weighted by Gasteiger charge is 2.36. The molecule has 0 aliphatic carbocycles. The van der Waals surface area contributed by atoms with Crippen molar-refractivity contribution in [2.75, 3.05) is 34.5 Å². The summed E-state index contributed by atoms with van der Waals surface area (Å²) < 4.78 is 21.8. The van der Waals surface area contributed by atoms with Crippen molar-refractivity contribution < 1.29 is 38.4 Å². The molecule has 2 aromatic rings. The SMILES string of the molecule is CCOCc1cc(OC)c(-c2ccc(CC(CC(=O)C3CCCN3C(=O)O)C(=O)OC)cc2)c(OC)c1. The topological polar surface area (TPSA) is 112 Å². The van der Waals surface area contributed by atoms with Gasteiger partial charge in [-0.15, -0.1) is 0 Å². The van der Waals surface area contributed by atoms with Gasteiger partial charge in [0.15, 0.2) is 5.78 Å². The van der Waals surface area contributed by atoms with Crippen LogP contribution in [0, 0.1) is 5.92 Å². The molecule has 2 aromatic carbocycles. The van der Waals surface area contributed by atoms with E-state index in [1.807, 2.05) is 43.3 Å². The van der Waals surface area contributed by atoms with Crippen molar-refractivity contribution in [3.8, 4) is 22.6 Å². The van der Waals surface area contributed by atoms with Gasteiger partial charge in [0.05, 0.1) is 45.5 Å². The molecular formula is C28H35NO8. The summed E-state index contributed by atoms with van der Waals surface area (Å²) >= 11 is 0. The third-order valence-corrected chi connectivity index (χ3v) is 6.62. The first kappa shape index (κ1) is 28.0. The number of rotatable bonds is 12. The van der Waals surface area contributed by atoms with Crippen LogP contribution >= 0.6 is 0 Å². The smallest absolute Gasteiger partial charge is 0.407 e. The Bertz CT molecular complexity index is 1070. The lowest BCUT2D eigenvalue weighted by atomic mass is 9.90. The van der Waals surface area contributed by atoms with Crippen LogP contribution in [0.4, 0.5) is 4.79 Å². The van der Waals surface area contributed by atoms with E-state index >= 15 is 0 Å². The van der Waals surface area contributed by atoms with Crippen LogP contribution in [-0.2, 0) is 32.1 Å². The normalized spacial score (nSPS) is 15.8. The first-order valence-electron chi connectivity index (χ1n) is 12.3. The summed E-state index contributed by atoms with van der Waals surface area (Å²) in [6.07, 6.45) is 0.206. The van der Waals surface area contributed by atoms with Crippen molar-refractivity contribution >= 4 is 17.8 Å². The maximum Gasteiger partial charge on any atom is 0.407 e. The van der Waals surface area contributed by atoms with Crippen LogP contribution in [0.1, 0.15) is 37.3 Å². The minimum atomic E-state index is -1.11. The molecule has 1 aliphatic rings. The van der Waals surface area contributed by atoms with Gasteiger partial charge >= 0.3 is 12.1 Å². The number of methoxy groups -OCH3 is 3. The molecule has 200 valence electrons. The molecule has 0 aromatic heterocycles. The van der Waals surface area contributed by atoms with E-state index in [1.54, 1.807) is 14.2 Å². The van der Waals surface area contributed by atoms with Gasteiger partial charge in [-0.25, -0.2) is 4.79 Å². The molecule has 9 nitrogen and oxygen atoms in total. The average Bonchev–Trinajstić information content (AvgIpc) is 3.41. The highest BCUT2D eigenvalue weighted by atomic mass is 16.5. The predicted molar refractivity (Wildman–Crippen MR) is 137 cm³/mol. The Hall–Kier alpha value is -3.59. The number of ketones is 1. The average molecular weight is 514 g/mol. The van der Waals surface area contributed by atoms with Gasteiger partial charge in [-0.3, -0.25) is 14.5 Å². The first-order valence-corrected chi connectivity index (χ1v) is 12.3. The Kier molecular flexibility index (Phi) is 9.91. The van der Waals surface area contributed by atoms with E-state index in [0.29, 0.717) is 50.5 Å². The number of carbonyl (C=O) groups is 3. The highest BCUT2D eigenvalue weighted by Crippen LogP contribution is 2.40. The van der Waals surface area contributed by atoms with Crippen molar-refractivity contribution in [1.82, 2.24) is 4.90 Å². The van der Waals surface area contributed by atoms with Crippen molar-refractivity contribution in [2.45, 2.75) is 45.3 Å². The molecule has 2 atom stereocenters. The molecule has 3 rings (SSSR count). The molecule has 1 amide bonds. The Morgan fingerprint density at radius 2 is 1.68 bits per heavy atom. The van der Waals surface area contributed by atoms with E-state index in [0.717, 1.165) is 27.2 Å². The minimum absolute atomic E-state index is 0.0776. The number of carboxylic acid groups (broad SMARTS) is 1.